The SMILES string of the molecule is CC(Oc1ccc2ccccc2c1)C(=O)NNC(=S)NC(=O)C=Cc1ccccc1. The van der Waals surface area contributed by atoms with E-state index in [2.05, 4.69) is 16.2 Å². The Hall–Kier alpha value is -3.71. The molecule has 1 unspecified atom stereocenters. The number of rotatable bonds is 5. The molecule has 0 heterocycles. The zero-order valence-electron chi connectivity index (χ0n) is 16.3. The molecule has 3 rings (SSSR count). The van der Waals surface area contributed by atoms with Gasteiger partial charge in [-0.3, -0.25) is 25.8 Å². The lowest BCUT2D eigenvalue weighted by Crippen LogP contribution is -2.51. The molecule has 2 amide bonds. The van der Waals surface area contributed by atoms with Crippen LogP contribution < -0.4 is 20.9 Å². The molecule has 3 aromatic rings. The second kappa shape index (κ2) is 10.2. The summed E-state index contributed by atoms with van der Waals surface area (Å²) in [7, 11) is 0. The first-order valence-electron chi connectivity index (χ1n) is 9.30. The molecule has 3 aromatic carbocycles. The van der Waals surface area contributed by atoms with Crippen LogP contribution in [0.5, 0.6) is 5.75 Å². The maximum absolute atomic E-state index is 12.2. The largest absolute Gasteiger partial charge is 0.481 e. The van der Waals surface area contributed by atoms with E-state index in [1.807, 2.05) is 72.8 Å². The summed E-state index contributed by atoms with van der Waals surface area (Å²) >= 11 is 5.02. The zero-order chi connectivity index (χ0) is 21.3. The lowest BCUT2D eigenvalue weighted by Gasteiger charge is -2.16. The van der Waals surface area contributed by atoms with Gasteiger partial charge >= 0.3 is 0 Å². The third-order valence-electron chi connectivity index (χ3n) is 4.17. The summed E-state index contributed by atoms with van der Waals surface area (Å²) in [5.41, 5.74) is 5.81. The summed E-state index contributed by atoms with van der Waals surface area (Å²) < 4.78 is 5.69. The van der Waals surface area contributed by atoms with E-state index < -0.39 is 17.9 Å². The van der Waals surface area contributed by atoms with E-state index in [0.717, 1.165) is 16.3 Å². The Balaban J connectivity index is 1.45. The molecule has 0 aromatic heterocycles. The molecule has 0 aliphatic rings. The van der Waals surface area contributed by atoms with Crippen molar-refractivity contribution in [2.75, 3.05) is 0 Å². The van der Waals surface area contributed by atoms with E-state index in [1.165, 1.54) is 6.08 Å². The molecule has 152 valence electrons. The zero-order valence-corrected chi connectivity index (χ0v) is 17.1. The van der Waals surface area contributed by atoms with Crippen molar-refractivity contribution in [2.24, 2.45) is 0 Å². The van der Waals surface area contributed by atoms with Gasteiger partial charge in [0, 0.05) is 6.08 Å². The van der Waals surface area contributed by atoms with Gasteiger partial charge in [-0.1, -0.05) is 60.7 Å². The number of amides is 2. The van der Waals surface area contributed by atoms with Crippen molar-refractivity contribution in [1.82, 2.24) is 16.2 Å². The number of ether oxygens (including phenoxy) is 1. The Labute approximate surface area is 179 Å². The lowest BCUT2D eigenvalue weighted by atomic mass is 10.1. The molecule has 1 atom stereocenters. The highest BCUT2D eigenvalue weighted by molar-refractivity contribution is 7.80. The number of carbonyl (C=O) groups is 2. The molecule has 0 spiro atoms. The van der Waals surface area contributed by atoms with Gasteiger partial charge in [0.2, 0.25) is 5.91 Å². The summed E-state index contributed by atoms with van der Waals surface area (Å²) in [6.07, 6.45) is 2.25. The Morgan fingerprint density at radius 3 is 2.40 bits per heavy atom. The normalized spacial score (nSPS) is 11.6. The van der Waals surface area contributed by atoms with E-state index in [-0.39, 0.29) is 5.11 Å². The minimum atomic E-state index is -0.768. The highest BCUT2D eigenvalue weighted by Crippen LogP contribution is 2.21. The van der Waals surface area contributed by atoms with Crippen LogP contribution in [-0.2, 0) is 9.59 Å². The van der Waals surface area contributed by atoms with E-state index in [0.29, 0.717) is 5.75 Å². The molecule has 3 N–H and O–H groups in total. The Bertz CT molecular complexity index is 1080. The summed E-state index contributed by atoms with van der Waals surface area (Å²) in [4.78, 5) is 24.1. The number of hydrogen-bond donors (Lipinski definition) is 3. The smallest absolute Gasteiger partial charge is 0.279 e. The highest BCUT2D eigenvalue weighted by atomic mass is 32.1. The number of thiocarbonyl (C=S) groups is 1. The van der Waals surface area contributed by atoms with Crippen LogP contribution in [0.25, 0.3) is 16.8 Å². The molecule has 0 aliphatic carbocycles. The minimum Gasteiger partial charge on any atom is -0.481 e. The first-order valence-corrected chi connectivity index (χ1v) is 9.71. The molecule has 30 heavy (non-hydrogen) atoms. The van der Waals surface area contributed by atoms with Gasteiger partial charge in [-0.15, -0.1) is 0 Å². The van der Waals surface area contributed by atoms with Crippen molar-refractivity contribution < 1.29 is 14.3 Å². The van der Waals surface area contributed by atoms with Crippen LogP contribution in [0.1, 0.15) is 12.5 Å². The van der Waals surface area contributed by atoms with E-state index in [1.54, 1.807) is 13.0 Å². The maximum Gasteiger partial charge on any atom is 0.279 e. The van der Waals surface area contributed by atoms with Crippen LogP contribution in [0.2, 0.25) is 0 Å². The number of fused-ring (bicyclic) bond motifs is 1. The fourth-order valence-corrected chi connectivity index (χ4v) is 2.79. The predicted octanol–water partition coefficient (Wildman–Crippen LogP) is 3.34. The van der Waals surface area contributed by atoms with Crippen LogP contribution in [-0.4, -0.2) is 23.0 Å². The Morgan fingerprint density at radius 1 is 0.933 bits per heavy atom. The lowest BCUT2D eigenvalue weighted by molar-refractivity contribution is -0.128. The standard InChI is InChI=1S/C23H21N3O3S/c1-16(29-20-13-12-18-9-5-6-10-19(18)15-20)22(28)25-26-23(30)24-21(27)14-11-17-7-3-2-4-8-17/h2-16H,1H3,(H,25,28)(H2,24,26,27,30). The third kappa shape index (κ3) is 6.15. The Kier molecular flexibility index (Phi) is 7.13. The Morgan fingerprint density at radius 2 is 1.63 bits per heavy atom. The predicted molar refractivity (Wildman–Crippen MR) is 122 cm³/mol. The molecule has 7 heteroatoms. The number of carbonyl (C=O) groups excluding carboxylic acids is 2. The van der Waals surface area contributed by atoms with Gasteiger partial charge in [0.1, 0.15) is 5.75 Å². The van der Waals surface area contributed by atoms with Gasteiger partial charge in [-0.2, -0.15) is 0 Å². The van der Waals surface area contributed by atoms with Gasteiger partial charge in [0.25, 0.3) is 5.91 Å². The summed E-state index contributed by atoms with van der Waals surface area (Å²) in [5.74, 6) is -0.260. The molecule has 0 fully saturated rings. The van der Waals surface area contributed by atoms with Crippen molar-refractivity contribution in [1.29, 1.82) is 0 Å². The monoisotopic (exact) mass is 419 g/mol. The molecule has 0 saturated carbocycles. The molecule has 0 saturated heterocycles. The van der Waals surface area contributed by atoms with Crippen LogP contribution in [0.15, 0.2) is 78.9 Å². The van der Waals surface area contributed by atoms with Crippen LogP contribution in [0.3, 0.4) is 0 Å². The molecule has 0 aliphatic heterocycles. The van der Waals surface area contributed by atoms with Crippen molar-refractivity contribution in [2.45, 2.75) is 13.0 Å². The van der Waals surface area contributed by atoms with E-state index in [4.69, 9.17) is 17.0 Å². The van der Waals surface area contributed by atoms with Crippen molar-refractivity contribution >= 4 is 46.0 Å². The van der Waals surface area contributed by atoms with Gasteiger partial charge < -0.3 is 4.74 Å². The van der Waals surface area contributed by atoms with Crippen molar-refractivity contribution in [3.05, 3.63) is 84.4 Å². The van der Waals surface area contributed by atoms with Gasteiger partial charge in [0.15, 0.2) is 11.2 Å². The second-order valence-electron chi connectivity index (χ2n) is 6.45. The van der Waals surface area contributed by atoms with Gasteiger partial charge in [0.05, 0.1) is 0 Å². The maximum atomic E-state index is 12.2. The number of nitrogens with one attached hydrogen (secondary N) is 3. The topological polar surface area (TPSA) is 79.5 Å². The average molecular weight is 420 g/mol. The molecular weight excluding hydrogens is 398 g/mol. The fraction of sp³-hybridized carbons (Fsp3) is 0.0870. The minimum absolute atomic E-state index is 0.0241. The van der Waals surface area contributed by atoms with E-state index in [9.17, 15) is 9.59 Å². The van der Waals surface area contributed by atoms with Crippen LogP contribution >= 0.6 is 12.2 Å². The van der Waals surface area contributed by atoms with Crippen molar-refractivity contribution in [3.8, 4) is 5.75 Å². The first kappa shape index (κ1) is 21.0. The summed E-state index contributed by atoms with van der Waals surface area (Å²) in [6, 6.07) is 22.9. The quantitative estimate of drug-likeness (QED) is 0.336. The summed E-state index contributed by atoms with van der Waals surface area (Å²) in [5, 5.41) is 4.54. The number of benzene rings is 3. The second-order valence-corrected chi connectivity index (χ2v) is 6.85. The van der Waals surface area contributed by atoms with Crippen molar-refractivity contribution in [3.63, 3.8) is 0 Å². The first-order chi connectivity index (χ1) is 14.5. The molecule has 0 radical (unpaired) electrons. The van der Waals surface area contributed by atoms with Crippen LogP contribution in [0.4, 0.5) is 0 Å². The van der Waals surface area contributed by atoms with Gasteiger partial charge in [-0.25, -0.2) is 0 Å². The highest BCUT2D eigenvalue weighted by Gasteiger charge is 2.15. The average Bonchev–Trinajstić information content (AvgIpc) is 2.76. The summed E-state index contributed by atoms with van der Waals surface area (Å²) in [6.45, 7) is 1.62. The molecule has 6 nitrogen and oxygen atoms in total. The van der Waals surface area contributed by atoms with Crippen LogP contribution in [0, 0.1) is 0 Å². The molecule has 0 bridgehead atoms. The third-order valence-corrected chi connectivity index (χ3v) is 4.37. The number of hydrogen-bond acceptors (Lipinski definition) is 4. The molecular formula is C23H21N3O3S. The van der Waals surface area contributed by atoms with E-state index >= 15 is 0 Å². The van der Waals surface area contributed by atoms with Gasteiger partial charge in [-0.05, 0) is 53.7 Å². The fourth-order valence-electron chi connectivity index (χ4n) is 2.64. The number of hydrazine groups is 1.